The summed E-state index contributed by atoms with van der Waals surface area (Å²) in [5.41, 5.74) is 0. The second kappa shape index (κ2) is 4.94. The van der Waals surface area contributed by atoms with Crippen LogP contribution in [-0.2, 0) is 14.6 Å². The number of hydrogen-bond donors (Lipinski definition) is 2. The number of aliphatic hydroxyl groups excluding tert-OH is 1. The fourth-order valence-electron chi connectivity index (χ4n) is 2.01. The van der Waals surface area contributed by atoms with Gasteiger partial charge in [0.15, 0.2) is 9.84 Å². The summed E-state index contributed by atoms with van der Waals surface area (Å²) in [4.78, 5) is 10.9. The summed E-state index contributed by atoms with van der Waals surface area (Å²) in [7, 11) is -3.02. The molecule has 88 valence electrons. The van der Waals surface area contributed by atoms with Crippen molar-refractivity contribution in [1.82, 2.24) is 0 Å². The molecule has 2 atom stereocenters. The average Bonchev–Trinajstić information content (AvgIpc) is 2.46. The molecule has 0 aromatic heterocycles. The van der Waals surface area contributed by atoms with Crippen LogP contribution in [0.2, 0.25) is 0 Å². The maximum atomic E-state index is 11.2. The highest BCUT2D eigenvalue weighted by Crippen LogP contribution is 2.29. The second-order valence-corrected chi connectivity index (χ2v) is 6.20. The largest absolute Gasteiger partial charge is 0.481 e. The van der Waals surface area contributed by atoms with E-state index in [1.165, 1.54) is 0 Å². The van der Waals surface area contributed by atoms with Crippen molar-refractivity contribution < 1.29 is 23.4 Å². The van der Waals surface area contributed by atoms with E-state index in [2.05, 4.69) is 0 Å². The summed E-state index contributed by atoms with van der Waals surface area (Å²) in [5, 5.41) is 17.6. The summed E-state index contributed by atoms with van der Waals surface area (Å²) in [6.07, 6.45) is 1.20. The summed E-state index contributed by atoms with van der Waals surface area (Å²) in [5.74, 6) is -1.78. The van der Waals surface area contributed by atoms with Crippen LogP contribution in [0.5, 0.6) is 0 Å². The van der Waals surface area contributed by atoms with Gasteiger partial charge in [-0.15, -0.1) is 0 Å². The molecule has 2 unspecified atom stereocenters. The fourth-order valence-corrected chi connectivity index (χ4v) is 3.89. The van der Waals surface area contributed by atoms with Crippen molar-refractivity contribution in [3.8, 4) is 0 Å². The maximum Gasteiger partial charge on any atom is 0.306 e. The number of carbonyl (C=O) groups is 1. The summed E-state index contributed by atoms with van der Waals surface area (Å²) < 4.78 is 22.4. The van der Waals surface area contributed by atoms with Gasteiger partial charge in [0.1, 0.15) is 0 Å². The van der Waals surface area contributed by atoms with Gasteiger partial charge in [0.25, 0.3) is 0 Å². The minimum atomic E-state index is -3.02. The molecule has 15 heavy (non-hydrogen) atoms. The number of aliphatic carboxylic acids is 1. The van der Waals surface area contributed by atoms with Crippen LogP contribution in [0.1, 0.15) is 19.3 Å². The van der Waals surface area contributed by atoms with E-state index in [0.717, 1.165) is 0 Å². The molecule has 1 fully saturated rings. The predicted octanol–water partition coefficient (Wildman–Crippen LogP) is -0.106. The Bertz CT molecular complexity index is 321. The molecule has 2 N–H and O–H groups in total. The number of carboxylic acids is 1. The first-order valence-corrected chi connectivity index (χ1v) is 6.82. The molecule has 6 heteroatoms. The summed E-state index contributed by atoms with van der Waals surface area (Å²) in [6, 6.07) is 0. The number of rotatable bonds is 5. The molecule has 5 nitrogen and oxygen atoms in total. The van der Waals surface area contributed by atoms with E-state index in [-0.39, 0.29) is 24.0 Å². The van der Waals surface area contributed by atoms with Crippen LogP contribution in [0.4, 0.5) is 0 Å². The summed E-state index contributed by atoms with van der Waals surface area (Å²) >= 11 is 0. The van der Waals surface area contributed by atoms with E-state index in [4.69, 9.17) is 10.2 Å². The highest BCUT2D eigenvalue weighted by atomic mass is 32.2. The molecule has 0 amide bonds. The van der Waals surface area contributed by atoms with Gasteiger partial charge in [-0.05, 0) is 25.2 Å². The van der Waals surface area contributed by atoms with Crippen LogP contribution in [0.3, 0.4) is 0 Å². The smallest absolute Gasteiger partial charge is 0.306 e. The maximum absolute atomic E-state index is 11.2. The monoisotopic (exact) mass is 236 g/mol. The van der Waals surface area contributed by atoms with E-state index in [0.29, 0.717) is 19.3 Å². The van der Waals surface area contributed by atoms with Gasteiger partial charge >= 0.3 is 5.97 Å². The van der Waals surface area contributed by atoms with Gasteiger partial charge in [-0.25, -0.2) is 8.42 Å². The zero-order chi connectivity index (χ0) is 11.5. The van der Waals surface area contributed by atoms with E-state index < -0.39 is 21.7 Å². The Hall–Kier alpha value is -0.620. The molecule has 0 aromatic rings. The highest BCUT2D eigenvalue weighted by Gasteiger charge is 2.36. The molecular weight excluding hydrogens is 220 g/mol. The van der Waals surface area contributed by atoms with Gasteiger partial charge in [0.05, 0.1) is 17.4 Å². The minimum absolute atomic E-state index is 0.0185. The van der Waals surface area contributed by atoms with Crippen LogP contribution in [0.25, 0.3) is 0 Å². The lowest BCUT2D eigenvalue weighted by atomic mass is 9.88. The lowest BCUT2D eigenvalue weighted by molar-refractivity contribution is -0.143. The lowest BCUT2D eigenvalue weighted by Gasteiger charge is -2.17. The molecule has 0 aromatic carbocycles. The van der Waals surface area contributed by atoms with E-state index in [9.17, 15) is 13.2 Å². The van der Waals surface area contributed by atoms with Crippen molar-refractivity contribution in [1.29, 1.82) is 0 Å². The zero-order valence-electron chi connectivity index (χ0n) is 8.42. The Balaban J connectivity index is 2.61. The second-order valence-electron chi connectivity index (χ2n) is 3.97. The standard InChI is InChI=1S/C9H16O5S/c10-4-1-2-8(9(11)12)7-3-5-15(13,14)6-7/h7-8,10H,1-6H2,(H,11,12). The molecule has 0 bridgehead atoms. The fraction of sp³-hybridized carbons (Fsp3) is 0.889. The van der Waals surface area contributed by atoms with Gasteiger partial charge in [-0.1, -0.05) is 0 Å². The van der Waals surface area contributed by atoms with Crippen molar-refractivity contribution in [3.05, 3.63) is 0 Å². The Morgan fingerprint density at radius 3 is 2.53 bits per heavy atom. The van der Waals surface area contributed by atoms with E-state index in [1.807, 2.05) is 0 Å². The van der Waals surface area contributed by atoms with Gasteiger partial charge < -0.3 is 10.2 Å². The topological polar surface area (TPSA) is 91.7 Å². The van der Waals surface area contributed by atoms with Crippen molar-refractivity contribution in [2.75, 3.05) is 18.1 Å². The molecule has 1 saturated heterocycles. The van der Waals surface area contributed by atoms with Crippen molar-refractivity contribution in [2.45, 2.75) is 19.3 Å². The third-order valence-corrected chi connectivity index (χ3v) is 4.62. The third-order valence-electron chi connectivity index (χ3n) is 2.83. The molecular formula is C9H16O5S. The van der Waals surface area contributed by atoms with Gasteiger partial charge in [-0.3, -0.25) is 4.79 Å². The average molecular weight is 236 g/mol. The van der Waals surface area contributed by atoms with Crippen molar-refractivity contribution in [3.63, 3.8) is 0 Å². The van der Waals surface area contributed by atoms with Gasteiger partial charge in [-0.2, -0.15) is 0 Å². The molecule has 1 heterocycles. The highest BCUT2D eigenvalue weighted by molar-refractivity contribution is 7.91. The van der Waals surface area contributed by atoms with Crippen LogP contribution in [-0.4, -0.2) is 42.7 Å². The quantitative estimate of drug-likeness (QED) is 0.695. The Morgan fingerprint density at radius 2 is 2.13 bits per heavy atom. The Kier molecular flexibility index (Phi) is 4.10. The third kappa shape index (κ3) is 3.46. The van der Waals surface area contributed by atoms with Crippen molar-refractivity contribution in [2.24, 2.45) is 11.8 Å². The number of carboxylic acid groups (broad SMARTS) is 1. The zero-order valence-corrected chi connectivity index (χ0v) is 9.24. The van der Waals surface area contributed by atoms with Crippen LogP contribution in [0.15, 0.2) is 0 Å². The first kappa shape index (κ1) is 12.4. The van der Waals surface area contributed by atoms with E-state index >= 15 is 0 Å². The number of sulfone groups is 1. The predicted molar refractivity (Wildman–Crippen MR) is 54.2 cm³/mol. The molecule has 0 aliphatic carbocycles. The van der Waals surface area contributed by atoms with E-state index in [1.54, 1.807) is 0 Å². The minimum Gasteiger partial charge on any atom is -0.481 e. The molecule has 0 saturated carbocycles. The molecule has 1 aliphatic heterocycles. The van der Waals surface area contributed by atoms with Gasteiger partial charge in [0, 0.05) is 6.61 Å². The number of aliphatic hydroxyl groups is 1. The summed E-state index contributed by atoms with van der Waals surface area (Å²) in [6.45, 7) is -0.0523. The first-order chi connectivity index (χ1) is 6.96. The Morgan fingerprint density at radius 1 is 1.47 bits per heavy atom. The molecule has 0 radical (unpaired) electrons. The number of hydrogen-bond acceptors (Lipinski definition) is 4. The van der Waals surface area contributed by atoms with Crippen LogP contribution in [0, 0.1) is 11.8 Å². The lowest BCUT2D eigenvalue weighted by Crippen LogP contribution is -2.25. The first-order valence-electron chi connectivity index (χ1n) is 5.00. The van der Waals surface area contributed by atoms with Gasteiger partial charge in [0.2, 0.25) is 0 Å². The normalized spacial score (nSPS) is 26.3. The van der Waals surface area contributed by atoms with Crippen LogP contribution < -0.4 is 0 Å². The van der Waals surface area contributed by atoms with Crippen LogP contribution >= 0.6 is 0 Å². The molecule has 1 rings (SSSR count). The molecule has 0 spiro atoms. The Labute approximate surface area is 89.0 Å². The SMILES string of the molecule is O=C(O)C(CCCO)C1CCS(=O)(=O)C1. The molecule has 1 aliphatic rings. The van der Waals surface area contributed by atoms with Crippen molar-refractivity contribution >= 4 is 15.8 Å².